The lowest BCUT2D eigenvalue weighted by Gasteiger charge is -1.93. The van der Waals surface area contributed by atoms with Gasteiger partial charge in [-0.05, 0) is 12.8 Å². The molecule has 0 saturated carbocycles. The van der Waals surface area contributed by atoms with E-state index in [0.717, 1.165) is 25.9 Å². The van der Waals surface area contributed by atoms with Crippen LogP contribution in [-0.2, 0) is 0 Å². The molecule has 11 heavy (non-hydrogen) atoms. The van der Waals surface area contributed by atoms with Gasteiger partial charge in [-0.15, -0.1) is 0 Å². The SMILES string of the molecule is CCC=CCNCC=CCC. The van der Waals surface area contributed by atoms with Crippen molar-refractivity contribution in [3.8, 4) is 0 Å². The third-order valence-electron chi connectivity index (χ3n) is 1.33. The standard InChI is InChI=1S/C10H19N/c1-3-5-7-9-11-10-8-6-4-2/h5-8,11H,3-4,9-10H2,1-2H3. The van der Waals surface area contributed by atoms with Gasteiger partial charge in [0.15, 0.2) is 0 Å². The lowest BCUT2D eigenvalue weighted by Crippen LogP contribution is -2.12. The van der Waals surface area contributed by atoms with Crippen LogP contribution >= 0.6 is 0 Å². The van der Waals surface area contributed by atoms with Gasteiger partial charge < -0.3 is 5.32 Å². The third-order valence-corrected chi connectivity index (χ3v) is 1.33. The second-order valence-electron chi connectivity index (χ2n) is 2.42. The number of rotatable bonds is 6. The minimum atomic E-state index is 0.988. The minimum absolute atomic E-state index is 0.988. The Morgan fingerprint density at radius 2 is 1.27 bits per heavy atom. The average Bonchev–Trinajstić information content (AvgIpc) is 2.03. The molecule has 0 rings (SSSR count). The Hall–Kier alpha value is -0.560. The highest BCUT2D eigenvalue weighted by Gasteiger charge is 1.75. The van der Waals surface area contributed by atoms with Gasteiger partial charge in [-0.3, -0.25) is 0 Å². The molecule has 0 bridgehead atoms. The summed E-state index contributed by atoms with van der Waals surface area (Å²) in [6, 6.07) is 0. The summed E-state index contributed by atoms with van der Waals surface area (Å²) in [5.74, 6) is 0. The fourth-order valence-corrected chi connectivity index (χ4v) is 0.750. The molecule has 0 aliphatic rings. The molecule has 0 saturated heterocycles. The smallest absolute Gasteiger partial charge is 0.0137 e. The summed E-state index contributed by atoms with van der Waals surface area (Å²) in [6.45, 7) is 6.27. The first-order valence-corrected chi connectivity index (χ1v) is 4.42. The number of allylic oxidation sites excluding steroid dienone is 2. The van der Waals surface area contributed by atoms with Crippen LogP contribution in [0.2, 0.25) is 0 Å². The van der Waals surface area contributed by atoms with Gasteiger partial charge in [-0.1, -0.05) is 38.2 Å². The molecule has 0 spiro atoms. The second kappa shape index (κ2) is 9.44. The molecule has 1 nitrogen and oxygen atoms in total. The summed E-state index contributed by atoms with van der Waals surface area (Å²) in [6.07, 6.45) is 11.0. The molecule has 1 heteroatoms. The zero-order valence-electron chi connectivity index (χ0n) is 7.64. The summed E-state index contributed by atoms with van der Waals surface area (Å²) < 4.78 is 0. The fraction of sp³-hybridized carbons (Fsp3) is 0.600. The highest BCUT2D eigenvalue weighted by Crippen LogP contribution is 1.79. The number of hydrogen-bond acceptors (Lipinski definition) is 1. The van der Waals surface area contributed by atoms with Gasteiger partial charge in [-0.25, -0.2) is 0 Å². The van der Waals surface area contributed by atoms with Gasteiger partial charge in [0.25, 0.3) is 0 Å². The van der Waals surface area contributed by atoms with Crippen LogP contribution in [0.5, 0.6) is 0 Å². The monoisotopic (exact) mass is 153 g/mol. The van der Waals surface area contributed by atoms with Crippen molar-refractivity contribution >= 4 is 0 Å². The van der Waals surface area contributed by atoms with Crippen molar-refractivity contribution < 1.29 is 0 Å². The molecule has 64 valence electrons. The maximum absolute atomic E-state index is 3.28. The van der Waals surface area contributed by atoms with E-state index < -0.39 is 0 Å². The Balaban J connectivity index is 3.02. The third kappa shape index (κ3) is 9.44. The Morgan fingerprint density at radius 3 is 1.64 bits per heavy atom. The fourth-order valence-electron chi connectivity index (χ4n) is 0.750. The van der Waals surface area contributed by atoms with E-state index in [2.05, 4.69) is 43.5 Å². The minimum Gasteiger partial charge on any atom is -0.310 e. The van der Waals surface area contributed by atoms with Crippen LogP contribution in [0, 0.1) is 0 Å². The summed E-state index contributed by atoms with van der Waals surface area (Å²) >= 11 is 0. The lowest BCUT2D eigenvalue weighted by atomic mass is 10.4. The van der Waals surface area contributed by atoms with Crippen LogP contribution in [0.4, 0.5) is 0 Å². The highest BCUT2D eigenvalue weighted by atomic mass is 14.8. The predicted molar refractivity (Wildman–Crippen MR) is 51.7 cm³/mol. The van der Waals surface area contributed by atoms with Gasteiger partial charge in [0.2, 0.25) is 0 Å². The topological polar surface area (TPSA) is 12.0 Å². The van der Waals surface area contributed by atoms with Gasteiger partial charge in [0.05, 0.1) is 0 Å². The molecule has 0 aromatic rings. The molecule has 0 amide bonds. The average molecular weight is 153 g/mol. The van der Waals surface area contributed by atoms with Crippen LogP contribution in [0.15, 0.2) is 24.3 Å². The van der Waals surface area contributed by atoms with Gasteiger partial charge >= 0.3 is 0 Å². The van der Waals surface area contributed by atoms with Gasteiger partial charge in [-0.2, -0.15) is 0 Å². The van der Waals surface area contributed by atoms with E-state index >= 15 is 0 Å². The van der Waals surface area contributed by atoms with Crippen molar-refractivity contribution in [2.75, 3.05) is 13.1 Å². The predicted octanol–water partition coefficient (Wildman–Crippen LogP) is 2.51. The van der Waals surface area contributed by atoms with Gasteiger partial charge in [0, 0.05) is 13.1 Å². The quantitative estimate of drug-likeness (QED) is 0.456. The molecule has 0 aliphatic heterocycles. The van der Waals surface area contributed by atoms with E-state index in [1.807, 2.05) is 0 Å². The van der Waals surface area contributed by atoms with Crippen LogP contribution in [0.1, 0.15) is 26.7 Å². The molecule has 0 aromatic carbocycles. The maximum Gasteiger partial charge on any atom is 0.0137 e. The zero-order chi connectivity index (χ0) is 8.36. The van der Waals surface area contributed by atoms with Gasteiger partial charge in [0.1, 0.15) is 0 Å². The van der Waals surface area contributed by atoms with Crippen LogP contribution in [0.25, 0.3) is 0 Å². The highest BCUT2D eigenvalue weighted by molar-refractivity contribution is 4.86. The molecule has 0 radical (unpaired) electrons. The Morgan fingerprint density at radius 1 is 0.818 bits per heavy atom. The van der Waals surface area contributed by atoms with Crippen molar-refractivity contribution in [2.24, 2.45) is 0 Å². The maximum atomic E-state index is 3.28. The molecule has 0 unspecified atom stereocenters. The lowest BCUT2D eigenvalue weighted by molar-refractivity contribution is 0.838. The van der Waals surface area contributed by atoms with Crippen LogP contribution in [0.3, 0.4) is 0 Å². The van der Waals surface area contributed by atoms with E-state index in [0.29, 0.717) is 0 Å². The summed E-state index contributed by atoms with van der Waals surface area (Å²) in [5.41, 5.74) is 0. The first kappa shape index (κ1) is 10.4. The van der Waals surface area contributed by atoms with E-state index in [1.165, 1.54) is 0 Å². The Bertz CT molecular complexity index is 100. The largest absolute Gasteiger partial charge is 0.310 e. The second-order valence-corrected chi connectivity index (χ2v) is 2.42. The Kier molecular flexibility index (Phi) is 8.96. The van der Waals surface area contributed by atoms with E-state index in [9.17, 15) is 0 Å². The Labute approximate surface area is 70.2 Å². The molecule has 0 aliphatic carbocycles. The molecular weight excluding hydrogens is 134 g/mol. The van der Waals surface area contributed by atoms with E-state index in [1.54, 1.807) is 0 Å². The first-order chi connectivity index (χ1) is 5.41. The summed E-state index contributed by atoms with van der Waals surface area (Å²) in [4.78, 5) is 0. The zero-order valence-corrected chi connectivity index (χ0v) is 7.64. The molecule has 0 fully saturated rings. The number of nitrogens with one attached hydrogen (secondary N) is 1. The molecule has 0 heterocycles. The van der Waals surface area contributed by atoms with Crippen molar-refractivity contribution in [3.63, 3.8) is 0 Å². The van der Waals surface area contributed by atoms with Crippen LogP contribution < -0.4 is 5.32 Å². The van der Waals surface area contributed by atoms with Crippen molar-refractivity contribution in [2.45, 2.75) is 26.7 Å². The van der Waals surface area contributed by atoms with Crippen LogP contribution in [-0.4, -0.2) is 13.1 Å². The number of hydrogen-bond donors (Lipinski definition) is 1. The molecule has 0 atom stereocenters. The van der Waals surface area contributed by atoms with E-state index in [4.69, 9.17) is 0 Å². The van der Waals surface area contributed by atoms with Crippen molar-refractivity contribution in [3.05, 3.63) is 24.3 Å². The molecule has 0 aromatic heterocycles. The normalized spacial score (nSPS) is 11.8. The molecular formula is C10H19N. The first-order valence-electron chi connectivity index (χ1n) is 4.42. The summed E-state index contributed by atoms with van der Waals surface area (Å²) in [5, 5.41) is 3.28. The summed E-state index contributed by atoms with van der Waals surface area (Å²) in [7, 11) is 0. The van der Waals surface area contributed by atoms with E-state index in [-0.39, 0.29) is 0 Å². The molecule has 1 N–H and O–H groups in total. The van der Waals surface area contributed by atoms with Crippen molar-refractivity contribution in [1.29, 1.82) is 0 Å². The van der Waals surface area contributed by atoms with Crippen molar-refractivity contribution in [1.82, 2.24) is 5.32 Å².